The van der Waals surface area contributed by atoms with Gasteiger partial charge >= 0.3 is 0 Å². The van der Waals surface area contributed by atoms with Gasteiger partial charge in [-0.05, 0) is 62.5 Å². The van der Waals surface area contributed by atoms with E-state index in [9.17, 15) is 27.9 Å². The van der Waals surface area contributed by atoms with Gasteiger partial charge in [0.1, 0.15) is 11.9 Å². The Labute approximate surface area is 179 Å². The predicted molar refractivity (Wildman–Crippen MR) is 106 cm³/mol. The van der Waals surface area contributed by atoms with Gasteiger partial charge in [0, 0.05) is 30.1 Å². The van der Waals surface area contributed by atoms with Crippen molar-refractivity contribution in [2.24, 2.45) is 17.6 Å². The summed E-state index contributed by atoms with van der Waals surface area (Å²) in [5.74, 6) is -3.67. The van der Waals surface area contributed by atoms with E-state index in [1.54, 1.807) is 4.90 Å². The molecule has 170 valence electrons. The van der Waals surface area contributed by atoms with Crippen molar-refractivity contribution in [3.63, 3.8) is 0 Å². The highest BCUT2D eigenvalue weighted by molar-refractivity contribution is 5.90. The molecule has 6 nitrogen and oxygen atoms in total. The van der Waals surface area contributed by atoms with E-state index in [2.05, 4.69) is 5.32 Å². The summed E-state index contributed by atoms with van der Waals surface area (Å²) in [5, 5.41) is 12.3. The molecule has 0 radical (unpaired) electrons. The van der Waals surface area contributed by atoms with Crippen LogP contribution in [0.2, 0.25) is 0 Å². The van der Waals surface area contributed by atoms with Gasteiger partial charge in [-0.3, -0.25) is 9.59 Å². The van der Waals surface area contributed by atoms with E-state index in [0.29, 0.717) is 18.9 Å². The van der Waals surface area contributed by atoms with Crippen molar-refractivity contribution in [1.82, 2.24) is 10.2 Å². The van der Waals surface area contributed by atoms with Crippen molar-refractivity contribution >= 4 is 11.8 Å². The monoisotopic (exact) mass is 439 g/mol. The summed E-state index contributed by atoms with van der Waals surface area (Å²) in [7, 11) is 0. The molecule has 2 bridgehead atoms. The molecule has 0 spiro atoms. The molecule has 2 saturated heterocycles. The third kappa shape index (κ3) is 4.57. The first-order chi connectivity index (χ1) is 14.8. The zero-order chi connectivity index (χ0) is 22.3. The molecule has 2 aliphatic heterocycles. The smallest absolute Gasteiger partial charge is 0.248 e. The molecule has 2 heterocycles. The molecule has 1 aliphatic carbocycles. The average molecular weight is 439 g/mol. The molecule has 1 unspecified atom stereocenters. The normalized spacial score (nSPS) is 27.1. The summed E-state index contributed by atoms with van der Waals surface area (Å²) < 4.78 is 40.7. The van der Waals surface area contributed by atoms with E-state index >= 15 is 0 Å². The Bertz CT molecular complexity index is 850. The number of hydrogen-bond donors (Lipinski definition) is 3. The number of nitrogens with zero attached hydrogens (tertiary/aromatic N) is 1. The molecule has 3 fully saturated rings. The van der Waals surface area contributed by atoms with Crippen LogP contribution in [0.3, 0.4) is 0 Å². The van der Waals surface area contributed by atoms with Gasteiger partial charge in [0.15, 0.2) is 11.6 Å². The Morgan fingerprint density at radius 3 is 2.26 bits per heavy atom. The van der Waals surface area contributed by atoms with Gasteiger partial charge in [0.05, 0.1) is 6.61 Å². The van der Waals surface area contributed by atoms with Crippen LogP contribution in [0, 0.1) is 29.3 Å². The van der Waals surface area contributed by atoms with Gasteiger partial charge in [-0.25, -0.2) is 13.2 Å². The van der Waals surface area contributed by atoms with Gasteiger partial charge in [-0.2, -0.15) is 0 Å². The Balaban J connectivity index is 1.39. The number of fused-ring (bicyclic) bond motifs is 2. The molecule has 4 N–H and O–H groups in total. The number of halogens is 3. The second-order valence-corrected chi connectivity index (χ2v) is 9.11. The summed E-state index contributed by atoms with van der Waals surface area (Å²) in [4.78, 5) is 26.9. The number of nitrogens with two attached hydrogens (primary N) is 1. The molecular weight excluding hydrogens is 411 g/mol. The van der Waals surface area contributed by atoms with Crippen LogP contribution in [0.4, 0.5) is 13.2 Å². The van der Waals surface area contributed by atoms with Crippen molar-refractivity contribution in [2.45, 2.75) is 69.1 Å². The topological polar surface area (TPSA) is 95.7 Å². The fraction of sp³-hybridized carbons (Fsp3) is 0.636. The van der Waals surface area contributed by atoms with E-state index in [1.165, 1.54) is 0 Å². The summed E-state index contributed by atoms with van der Waals surface area (Å²) in [6, 6.07) is -0.145. The Morgan fingerprint density at radius 2 is 1.68 bits per heavy atom. The lowest BCUT2D eigenvalue weighted by Gasteiger charge is -2.42. The van der Waals surface area contributed by atoms with Crippen molar-refractivity contribution in [1.29, 1.82) is 0 Å². The Hall–Kier alpha value is -2.13. The molecule has 4 rings (SSSR count). The van der Waals surface area contributed by atoms with Crippen molar-refractivity contribution in [3.8, 4) is 0 Å². The van der Waals surface area contributed by atoms with E-state index in [4.69, 9.17) is 5.73 Å². The second kappa shape index (κ2) is 8.78. The first kappa shape index (κ1) is 22.1. The van der Waals surface area contributed by atoms with Crippen LogP contribution in [0.25, 0.3) is 0 Å². The minimum atomic E-state index is -1.23. The number of aliphatic hydroxyl groups excluding tert-OH is 1. The molecule has 0 aromatic heterocycles. The fourth-order valence-electron chi connectivity index (χ4n) is 5.07. The molecule has 1 saturated carbocycles. The number of piperidine rings is 1. The van der Waals surface area contributed by atoms with Gasteiger partial charge in [-0.1, -0.05) is 0 Å². The lowest BCUT2D eigenvalue weighted by molar-refractivity contribution is -0.142. The Morgan fingerprint density at radius 1 is 1.06 bits per heavy atom. The van der Waals surface area contributed by atoms with Crippen molar-refractivity contribution < 1.29 is 27.9 Å². The van der Waals surface area contributed by atoms with Gasteiger partial charge in [0.2, 0.25) is 11.8 Å². The number of aliphatic hydroxyl groups is 1. The first-order valence-electron chi connectivity index (χ1n) is 10.9. The Kier molecular flexibility index (Phi) is 6.25. The molecule has 1 aromatic rings. The van der Waals surface area contributed by atoms with Gasteiger partial charge in [-0.15, -0.1) is 0 Å². The number of benzene rings is 1. The SMILES string of the molecule is N[C@H](Cc1cc(F)c(F)cc1F)C1C[C@H]2CC[C@@H](C1)N2C(=O)[C@H](CO)NC(=O)C1CC1. The summed E-state index contributed by atoms with van der Waals surface area (Å²) in [6.45, 7) is -0.453. The second-order valence-electron chi connectivity index (χ2n) is 9.11. The van der Waals surface area contributed by atoms with Crippen LogP contribution < -0.4 is 11.1 Å². The van der Waals surface area contributed by atoms with Crippen LogP contribution >= 0.6 is 0 Å². The third-order valence-corrected chi connectivity index (χ3v) is 6.92. The van der Waals surface area contributed by atoms with Crippen LogP contribution in [0.5, 0.6) is 0 Å². The zero-order valence-electron chi connectivity index (χ0n) is 17.2. The van der Waals surface area contributed by atoms with E-state index in [1.807, 2.05) is 0 Å². The lowest BCUT2D eigenvalue weighted by Crippen LogP contribution is -2.57. The summed E-state index contributed by atoms with van der Waals surface area (Å²) >= 11 is 0. The van der Waals surface area contributed by atoms with Crippen LogP contribution in [-0.4, -0.2) is 52.6 Å². The molecule has 9 heteroatoms. The quantitative estimate of drug-likeness (QED) is 0.563. The molecule has 5 atom stereocenters. The van der Waals surface area contributed by atoms with Crippen molar-refractivity contribution in [3.05, 3.63) is 35.1 Å². The van der Waals surface area contributed by atoms with Gasteiger partial charge in [0.25, 0.3) is 0 Å². The maximum Gasteiger partial charge on any atom is 0.248 e. The summed E-state index contributed by atoms with van der Waals surface area (Å²) in [6.07, 6.45) is 4.53. The first-order valence-corrected chi connectivity index (χ1v) is 10.9. The fourth-order valence-corrected chi connectivity index (χ4v) is 5.07. The number of rotatable bonds is 7. The number of amides is 2. The minimum absolute atomic E-state index is 0.00250. The molecule has 3 aliphatic rings. The highest BCUT2D eigenvalue weighted by Gasteiger charge is 2.46. The molecule has 1 aromatic carbocycles. The molecular formula is C22H28F3N3O3. The molecule has 31 heavy (non-hydrogen) atoms. The zero-order valence-corrected chi connectivity index (χ0v) is 17.2. The standard InChI is InChI=1S/C22H28F3N3O3/c23-16-9-18(25)17(24)7-12(16)8-19(26)13-5-14-3-4-15(6-13)28(14)22(31)20(10-29)27-21(30)11-1-2-11/h7,9,11,13-15,19-20,29H,1-6,8,10,26H2,(H,27,30)/t13?,14-,15+,19-,20+/m1/s1. The summed E-state index contributed by atoms with van der Waals surface area (Å²) in [5.41, 5.74) is 6.36. The highest BCUT2D eigenvalue weighted by Crippen LogP contribution is 2.40. The number of hydrogen-bond acceptors (Lipinski definition) is 4. The maximum absolute atomic E-state index is 14.0. The van der Waals surface area contributed by atoms with E-state index in [-0.39, 0.29) is 47.7 Å². The van der Waals surface area contributed by atoms with Crippen LogP contribution in [-0.2, 0) is 16.0 Å². The van der Waals surface area contributed by atoms with E-state index < -0.39 is 36.1 Å². The maximum atomic E-state index is 14.0. The average Bonchev–Trinajstić information content (AvgIpc) is 3.55. The largest absolute Gasteiger partial charge is 0.394 e. The number of carbonyl (C=O) groups is 2. The van der Waals surface area contributed by atoms with E-state index in [0.717, 1.165) is 31.7 Å². The van der Waals surface area contributed by atoms with Gasteiger partial charge < -0.3 is 21.1 Å². The molecule has 2 amide bonds. The highest BCUT2D eigenvalue weighted by atomic mass is 19.2. The third-order valence-electron chi connectivity index (χ3n) is 6.92. The number of nitrogens with one attached hydrogen (secondary N) is 1. The lowest BCUT2D eigenvalue weighted by atomic mass is 9.82. The van der Waals surface area contributed by atoms with Crippen LogP contribution in [0.15, 0.2) is 12.1 Å². The van der Waals surface area contributed by atoms with Crippen molar-refractivity contribution in [2.75, 3.05) is 6.61 Å². The minimum Gasteiger partial charge on any atom is -0.394 e. The number of carbonyl (C=O) groups excluding carboxylic acids is 2. The predicted octanol–water partition coefficient (Wildman–Crippen LogP) is 1.63. The van der Waals surface area contributed by atoms with Crippen LogP contribution in [0.1, 0.15) is 44.1 Å².